The van der Waals surface area contributed by atoms with E-state index in [1.54, 1.807) is 31.3 Å². The van der Waals surface area contributed by atoms with Crippen molar-refractivity contribution in [1.29, 1.82) is 0 Å². The van der Waals surface area contributed by atoms with Crippen LogP contribution in [0.2, 0.25) is 0 Å². The first-order valence-corrected chi connectivity index (χ1v) is 12.6. The zero-order valence-corrected chi connectivity index (χ0v) is 20.4. The summed E-state index contributed by atoms with van der Waals surface area (Å²) in [7, 11) is 0. The zero-order valence-electron chi connectivity index (χ0n) is 20.4. The zero-order chi connectivity index (χ0) is 25.6. The summed E-state index contributed by atoms with van der Waals surface area (Å²) in [5.74, 6) is 0.997. The van der Waals surface area contributed by atoms with Crippen LogP contribution in [0.4, 0.5) is 13.2 Å². The van der Waals surface area contributed by atoms with Gasteiger partial charge in [-0.2, -0.15) is 13.2 Å². The van der Waals surface area contributed by atoms with E-state index in [0.29, 0.717) is 28.7 Å². The number of halogens is 3. The standard InChI is InChI=1S/C29H30F3NO3/c1-16(34)18-7-10-24-21(12-18)14-26-27(17(2)36-28(26)35)25(24)11-9-23-8-6-20(15-33-23)19-4-3-5-22(13-19)29(30,31)32/h3-6,8-9,11,13,15,17-18,21,24-27H,7,10,12,14H2,1-2H3/b11-9+/t17-,18-,21+,24-,25+,26-,27+/m1/s1. The Kier molecular flexibility index (Phi) is 6.52. The van der Waals surface area contributed by atoms with E-state index in [2.05, 4.69) is 11.1 Å². The van der Waals surface area contributed by atoms with Crippen LogP contribution in [0.3, 0.4) is 0 Å². The van der Waals surface area contributed by atoms with Crippen LogP contribution in [-0.4, -0.2) is 22.8 Å². The maximum absolute atomic E-state index is 13.1. The van der Waals surface area contributed by atoms with E-state index < -0.39 is 11.7 Å². The number of benzene rings is 1. The number of rotatable bonds is 4. The minimum atomic E-state index is -4.39. The number of cyclic esters (lactones) is 1. The van der Waals surface area contributed by atoms with Crippen LogP contribution >= 0.6 is 0 Å². The molecule has 3 aliphatic rings. The fourth-order valence-electron chi connectivity index (χ4n) is 6.74. The topological polar surface area (TPSA) is 56.3 Å². The van der Waals surface area contributed by atoms with Crippen molar-refractivity contribution < 1.29 is 27.5 Å². The molecule has 190 valence electrons. The monoisotopic (exact) mass is 497 g/mol. The molecule has 0 radical (unpaired) electrons. The predicted octanol–water partition coefficient (Wildman–Crippen LogP) is 6.60. The lowest BCUT2D eigenvalue weighted by Gasteiger charge is -2.47. The van der Waals surface area contributed by atoms with Gasteiger partial charge in [-0.15, -0.1) is 0 Å². The van der Waals surface area contributed by atoms with E-state index in [9.17, 15) is 22.8 Å². The van der Waals surface area contributed by atoms with Crippen molar-refractivity contribution in [2.24, 2.45) is 35.5 Å². The first-order valence-electron chi connectivity index (χ1n) is 12.6. The molecule has 0 N–H and O–H groups in total. The van der Waals surface area contributed by atoms with Crippen LogP contribution < -0.4 is 0 Å². The van der Waals surface area contributed by atoms with Gasteiger partial charge in [-0.1, -0.05) is 24.3 Å². The van der Waals surface area contributed by atoms with Gasteiger partial charge in [0.1, 0.15) is 11.9 Å². The predicted molar refractivity (Wildman–Crippen MR) is 129 cm³/mol. The number of Topliss-reactive ketones (excluding diaryl/α,β-unsaturated/α-hetero) is 1. The summed E-state index contributed by atoms with van der Waals surface area (Å²) in [6.45, 7) is 3.63. The summed E-state index contributed by atoms with van der Waals surface area (Å²) in [6.07, 6.45) is 4.59. The minimum Gasteiger partial charge on any atom is -0.462 e. The third kappa shape index (κ3) is 4.72. The first-order chi connectivity index (χ1) is 17.1. The molecule has 2 saturated carbocycles. The number of nitrogens with zero attached hydrogens (tertiary/aromatic N) is 1. The third-order valence-electron chi connectivity index (χ3n) is 8.52. The van der Waals surface area contributed by atoms with Crippen molar-refractivity contribution in [1.82, 2.24) is 4.98 Å². The van der Waals surface area contributed by atoms with Gasteiger partial charge in [0, 0.05) is 23.6 Å². The molecule has 1 aromatic carbocycles. The Morgan fingerprint density at radius 2 is 1.92 bits per heavy atom. The smallest absolute Gasteiger partial charge is 0.416 e. The quantitative estimate of drug-likeness (QED) is 0.447. The molecule has 1 aromatic heterocycles. The van der Waals surface area contributed by atoms with E-state index in [-0.39, 0.29) is 41.5 Å². The number of carbonyl (C=O) groups excluding carboxylic acids is 2. The van der Waals surface area contributed by atoms with Crippen LogP contribution in [0.5, 0.6) is 0 Å². The van der Waals surface area contributed by atoms with Gasteiger partial charge >= 0.3 is 12.1 Å². The molecule has 1 saturated heterocycles. The van der Waals surface area contributed by atoms with Gasteiger partial charge in [0.25, 0.3) is 0 Å². The molecular weight excluding hydrogens is 467 g/mol. The van der Waals surface area contributed by atoms with E-state index in [0.717, 1.165) is 37.8 Å². The number of aromatic nitrogens is 1. The number of allylic oxidation sites excluding steroid dienone is 1. The van der Waals surface area contributed by atoms with Gasteiger partial charge in [-0.3, -0.25) is 14.6 Å². The van der Waals surface area contributed by atoms with Crippen LogP contribution in [0, 0.1) is 35.5 Å². The van der Waals surface area contributed by atoms with Crippen molar-refractivity contribution in [3.8, 4) is 11.1 Å². The largest absolute Gasteiger partial charge is 0.462 e. The van der Waals surface area contributed by atoms with Crippen molar-refractivity contribution >= 4 is 17.8 Å². The Morgan fingerprint density at radius 3 is 2.61 bits per heavy atom. The summed E-state index contributed by atoms with van der Waals surface area (Å²) in [5, 5.41) is 0. The second-order valence-corrected chi connectivity index (χ2v) is 10.6. The molecule has 0 spiro atoms. The lowest BCUT2D eigenvalue weighted by atomic mass is 9.56. The number of ether oxygens (including phenoxy) is 1. The average Bonchev–Trinajstić information content (AvgIpc) is 3.14. The highest BCUT2D eigenvalue weighted by Crippen LogP contribution is 2.54. The number of alkyl halides is 3. The molecule has 0 unspecified atom stereocenters. The fraction of sp³-hybridized carbons (Fsp3) is 0.483. The number of hydrogen-bond acceptors (Lipinski definition) is 4. The van der Waals surface area contributed by atoms with Gasteiger partial charge < -0.3 is 4.74 Å². The Hall–Kier alpha value is -2.96. The Bertz CT molecular complexity index is 1170. The third-order valence-corrected chi connectivity index (χ3v) is 8.52. The van der Waals surface area contributed by atoms with Crippen molar-refractivity contribution in [2.45, 2.75) is 51.8 Å². The second-order valence-electron chi connectivity index (χ2n) is 10.6. The molecule has 3 fully saturated rings. The lowest BCUT2D eigenvalue weighted by molar-refractivity contribution is -0.144. The van der Waals surface area contributed by atoms with E-state index in [1.807, 2.05) is 13.0 Å². The summed E-state index contributed by atoms with van der Waals surface area (Å²) < 4.78 is 44.9. The molecule has 1 aliphatic heterocycles. The first kappa shape index (κ1) is 24.7. The van der Waals surface area contributed by atoms with Crippen LogP contribution in [0.25, 0.3) is 17.2 Å². The SMILES string of the molecule is CC(=O)[C@@H]1CC[C@@H]2[C@@H](C1)C[C@H]1C(=O)O[C@H](C)[C@H]1[C@H]2/C=C/c1ccc(-c2cccc(C(F)(F)F)c2)cn1. The maximum Gasteiger partial charge on any atom is 0.416 e. The van der Waals surface area contributed by atoms with Crippen LogP contribution in [-0.2, 0) is 20.5 Å². The number of esters is 1. The van der Waals surface area contributed by atoms with E-state index >= 15 is 0 Å². The molecule has 5 rings (SSSR count). The Balaban J connectivity index is 1.38. The molecule has 0 bridgehead atoms. The fourth-order valence-corrected chi connectivity index (χ4v) is 6.74. The van der Waals surface area contributed by atoms with Gasteiger partial charge in [0.2, 0.25) is 0 Å². The van der Waals surface area contributed by atoms with Crippen LogP contribution in [0.15, 0.2) is 48.7 Å². The highest BCUT2D eigenvalue weighted by atomic mass is 19.4. The highest BCUT2D eigenvalue weighted by Gasteiger charge is 2.54. The lowest BCUT2D eigenvalue weighted by Crippen LogP contribution is -2.44. The molecule has 36 heavy (non-hydrogen) atoms. The maximum atomic E-state index is 13.1. The number of pyridine rings is 1. The molecule has 2 aliphatic carbocycles. The summed E-state index contributed by atoms with van der Waals surface area (Å²) in [5.41, 5.74) is 1.09. The average molecular weight is 498 g/mol. The number of hydrogen-bond donors (Lipinski definition) is 0. The van der Waals surface area contributed by atoms with Gasteiger partial charge in [0.05, 0.1) is 17.2 Å². The summed E-state index contributed by atoms with van der Waals surface area (Å²) in [6, 6.07) is 8.80. The van der Waals surface area contributed by atoms with Gasteiger partial charge in [-0.05, 0) is 87.1 Å². The molecular formula is C29H30F3NO3. The molecule has 7 atom stereocenters. The van der Waals surface area contributed by atoms with Gasteiger partial charge in [-0.25, -0.2) is 0 Å². The van der Waals surface area contributed by atoms with Crippen LogP contribution in [0.1, 0.15) is 50.8 Å². The summed E-state index contributed by atoms with van der Waals surface area (Å²) >= 11 is 0. The number of carbonyl (C=O) groups is 2. The Morgan fingerprint density at radius 1 is 1.11 bits per heavy atom. The summed E-state index contributed by atoms with van der Waals surface area (Å²) in [4.78, 5) is 29.1. The molecule has 7 heteroatoms. The Labute approximate surface area is 209 Å². The molecule has 2 aromatic rings. The van der Waals surface area contributed by atoms with E-state index in [4.69, 9.17) is 4.74 Å². The minimum absolute atomic E-state index is 0.0762. The highest BCUT2D eigenvalue weighted by molar-refractivity contribution is 5.78. The molecule has 0 amide bonds. The normalized spacial score (nSPS) is 32.1. The second kappa shape index (κ2) is 9.49. The van der Waals surface area contributed by atoms with Crippen molar-refractivity contribution in [2.75, 3.05) is 0 Å². The van der Waals surface area contributed by atoms with Crippen molar-refractivity contribution in [3.05, 3.63) is 59.9 Å². The van der Waals surface area contributed by atoms with Crippen molar-refractivity contribution in [3.63, 3.8) is 0 Å². The molecule has 4 nitrogen and oxygen atoms in total. The van der Waals surface area contributed by atoms with Gasteiger partial charge in [0.15, 0.2) is 0 Å². The van der Waals surface area contributed by atoms with E-state index in [1.165, 1.54) is 6.07 Å². The number of fused-ring (bicyclic) bond motifs is 2. The number of ketones is 1. The molecule has 2 heterocycles.